The summed E-state index contributed by atoms with van der Waals surface area (Å²) in [5, 5.41) is 4.77. The quantitative estimate of drug-likeness (QED) is 0.668. The Bertz CT molecular complexity index is 394. The molecular weight excluding hydrogens is 268 g/mol. The van der Waals surface area contributed by atoms with Crippen LogP contribution in [0, 0.1) is 0 Å². The monoisotopic (exact) mass is 282 g/mol. The molecule has 17 heavy (non-hydrogen) atoms. The highest BCUT2D eigenvalue weighted by Gasteiger charge is 2.37. The molecule has 0 spiro atoms. The fraction of sp³-hybridized carbons (Fsp3) is 0.889. The lowest BCUT2D eigenvalue weighted by Crippen LogP contribution is -2.49. The Morgan fingerprint density at radius 2 is 2.06 bits per heavy atom. The molecule has 3 unspecified atom stereocenters. The zero-order valence-electron chi connectivity index (χ0n) is 9.19. The Hall–Kier alpha value is -0.530. The van der Waals surface area contributed by atoms with Crippen LogP contribution in [0.1, 0.15) is 6.42 Å². The number of rotatable bonds is 2. The van der Waals surface area contributed by atoms with Crippen molar-refractivity contribution in [3.63, 3.8) is 0 Å². The molecule has 0 radical (unpaired) electrons. The van der Waals surface area contributed by atoms with Gasteiger partial charge in [-0.2, -0.15) is 0 Å². The van der Waals surface area contributed by atoms with Crippen LogP contribution < -0.4 is 10.6 Å². The lowest BCUT2D eigenvalue weighted by Gasteiger charge is -2.17. The molecule has 2 fully saturated rings. The van der Waals surface area contributed by atoms with Crippen LogP contribution >= 0.6 is 11.6 Å². The maximum atomic E-state index is 11.6. The number of halogens is 1. The molecule has 2 heterocycles. The third-order valence-electron chi connectivity index (χ3n) is 2.86. The van der Waals surface area contributed by atoms with Gasteiger partial charge in [-0.15, -0.1) is 11.6 Å². The van der Waals surface area contributed by atoms with Crippen molar-refractivity contribution in [3.05, 3.63) is 0 Å². The highest BCUT2D eigenvalue weighted by molar-refractivity contribution is 7.91. The van der Waals surface area contributed by atoms with E-state index >= 15 is 0 Å². The van der Waals surface area contributed by atoms with Gasteiger partial charge in [0, 0.05) is 6.61 Å². The van der Waals surface area contributed by atoms with Gasteiger partial charge in [0.25, 0.3) is 0 Å². The van der Waals surface area contributed by atoms with Crippen molar-refractivity contribution in [1.82, 2.24) is 10.6 Å². The lowest BCUT2D eigenvalue weighted by atomic mass is 10.2. The number of carbonyl (C=O) groups is 1. The molecule has 0 aromatic heterocycles. The number of carbonyl (C=O) groups excluding carboxylic acids is 1. The first-order valence-electron chi connectivity index (χ1n) is 5.45. The number of amides is 2. The molecule has 2 rings (SSSR count). The average molecular weight is 283 g/mol. The first kappa shape index (κ1) is 12.9. The highest BCUT2D eigenvalue weighted by atomic mass is 35.5. The van der Waals surface area contributed by atoms with Gasteiger partial charge in [0.1, 0.15) is 0 Å². The molecule has 3 atom stereocenters. The molecule has 0 bridgehead atoms. The summed E-state index contributed by atoms with van der Waals surface area (Å²) in [4.78, 5) is 11.6. The standard InChI is InChI=1S/C9H15ClN2O4S/c10-7-4-17(14,15)5-8(7)12-9(13)11-6-1-2-16-3-6/h6-8H,1-5H2,(H2,11,12,13). The second-order valence-electron chi connectivity index (χ2n) is 4.38. The second kappa shape index (κ2) is 4.99. The van der Waals surface area contributed by atoms with Crippen molar-refractivity contribution >= 4 is 27.5 Å². The van der Waals surface area contributed by atoms with Crippen molar-refractivity contribution in [2.45, 2.75) is 23.9 Å². The van der Waals surface area contributed by atoms with E-state index in [4.69, 9.17) is 16.3 Å². The first-order chi connectivity index (χ1) is 7.96. The SMILES string of the molecule is O=C(NC1CCOC1)NC1CS(=O)(=O)CC1Cl. The van der Waals surface area contributed by atoms with E-state index in [1.807, 2.05) is 0 Å². The van der Waals surface area contributed by atoms with Crippen LogP contribution in [0.4, 0.5) is 4.79 Å². The van der Waals surface area contributed by atoms with Crippen LogP contribution in [-0.4, -0.2) is 56.6 Å². The highest BCUT2D eigenvalue weighted by Crippen LogP contribution is 2.17. The van der Waals surface area contributed by atoms with E-state index < -0.39 is 21.3 Å². The van der Waals surface area contributed by atoms with Crippen LogP contribution in [0.5, 0.6) is 0 Å². The maximum absolute atomic E-state index is 11.6. The molecular formula is C9H15ClN2O4S. The summed E-state index contributed by atoms with van der Waals surface area (Å²) < 4.78 is 27.7. The van der Waals surface area contributed by atoms with Gasteiger partial charge in [-0.3, -0.25) is 0 Å². The topological polar surface area (TPSA) is 84.5 Å². The average Bonchev–Trinajstić information content (AvgIpc) is 2.75. The van der Waals surface area contributed by atoms with Gasteiger partial charge >= 0.3 is 6.03 Å². The number of sulfone groups is 1. The number of hydrogen-bond acceptors (Lipinski definition) is 4. The molecule has 6 nitrogen and oxygen atoms in total. The van der Waals surface area contributed by atoms with Crippen molar-refractivity contribution in [3.8, 4) is 0 Å². The lowest BCUT2D eigenvalue weighted by molar-refractivity contribution is 0.188. The van der Waals surface area contributed by atoms with E-state index in [1.54, 1.807) is 0 Å². The van der Waals surface area contributed by atoms with Gasteiger partial charge in [0.2, 0.25) is 0 Å². The van der Waals surface area contributed by atoms with E-state index in [0.717, 1.165) is 6.42 Å². The van der Waals surface area contributed by atoms with Crippen LogP contribution in [0.3, 0.4) is 0 Å². The summed E-state index contributed by atoms with van der Waals surface area (Å²) >= 11 is 5.88. The van der Waals surface area contributed by atoms with E-state index in [0.29, 0.717) is 13.2 Å². The fourth-order valence-corrected chi connectivity index (χ4v) is 4.53. The Labute approximate surface area is 105 Å². The fourth-order valence-electron chi connectivity index (χ4n) is 1.98. The van der Waals surface area contributed by atoms with E-state index in [9.17, 15) is 13.2 Å². The summed E-state index contributed by atoms with van der Waals surface area (Å²) in [7, 11) is -3.12. The minimum Gasteiger partial charge on any atom is -0.379 e. The van der Waals surface area contributed by atoms with Gasteiger partial charge in [-0.1, -0.05) is 0 Å². The predicted octanol–water partition coefficient (Wildman–Crippen LogP) is -0.521. The van der Waals surface area contributed by atoms with Crippen LogP contribution in [0.15, 0.2) is 0 Å². The number of urea groups is 1. The number of nitrogens with one attached hydrogen (secondary N) is 2. The van der Waals surface area contributed by atoms with Crippen LogP contribution in [0.25, 0.3) is 0 Å². The molecule has 8 heteroatoms. The maximum Gasteiger partial charge on any atom is 0.315 e. The summed E-state index contributed by atoms with van der Waals surface area (Å²) in [5.74, 6) is -0.165. The minimum absolute atomic E-state index is 0.00165. The first-order valence-corrected chi connectivity index (χ1v) is 7.71. The van der Waals surface area contributed by atoms with Gasteiger partial charge in [0.15, 0.2) is 9.84 Å². The molecule has 0 aromatic carbocycles. The van der Waals surface area contributed by atoms with Gasteiger partial charge < -0.3 is 15.4 Å². The molecule has 2 aliphatic rings. The van der Waals surface area contributed by atoms with Crippen molar-refractivity contribution < 1.29 is 17.9 Å². The van der Waals surface area contributed by atoms with Crippen molar-refractivity contribution in [2.75, 3.05) is 24.7 Å². The summed E-state index contributed by atoms with van der Waals surface area (Å²) in [6.45, 7) is 1.14. The minimum atomic E-state index is -3.12. The number of alkyl halides is 1. The molecule has 98 valence electrons. The van der Waals surface area contributed by atoms with E-state index in [1.165, 1.54) is 0 Å². The molecule has 0 aliphatic carbocycles. The zero-order chi connectivity index (χ0) is 12.5. The zero-order valence-corrected chi connectivity index (χ0v) is 10.8. The summed E-state index contributed by atoms with van der Waals surface area (Å²) in [6.07, 6.45) is 0.778. The predicted molar refractivity (Wildman–Crippen MR) is 63.0 cm³/mol. The summed E-state index contributed by atoms with van der Waals surface area (Å²) in [5.41, 5.74) is 0. The van der Waals surface area contributed by atoms with Crippen molar-refractivity contribution in [2.24, 2.45) is 0 Å². The normalized spacial score (nSPS) is 35.7. The largest absolute Gasteiger partial charge is 0.379 e. The number of ether oxygens (including phenoxy) is 1. The van der Waals surface area contributed by atoms with Gasteiger partial charge in [-0.05, 0) is 6.42 Å². The molecule has 2 saturated heterocycles. The van der Waals surface area contributed by atoms with Crippen LogP contribution in [0.2, 0.25) is 0 Å². The molecule has 2 amide bonds. The Balaban J connectivity index is 1.82. The van der Waals surface area contributed by atoms with E-state index in [-0.39, 0.29) is 23.6 Å². The van der Waals surface area contributed by atoms with E-state index in [2.05, 4.69) is 10.6 Å². The van der Waals surface area contributed by atoms with Gasteiger partial charge in [-0.25, -0.2) is 13.2 Å². The van der Waals surface area contributed by atoms with Gasteiger partial charge in [0.05, 0.1) is 35.6 Å². The van der Waals surface area contributed by atoms with Crippen molar-refractivity contribution in [1.29, 1.82) is 0 Å². The smallest absolute Gasteiger partial charge is 0.315 e. The second-order valence-corrected chi connectivity index (χ2v) is 7.09. The van der Waals surface area contributed by atoms with Crippen LogP contribution in [-0.2, 0) is 14.6 Å². The molecule has 0 saturated carbocycles. The Kier molecular flexibility index (Phi) is 3.79. The Morgan fingerprint density at radius 3 is 2.59 bits per heavy atom. The number of hydrogen-bond donors (Lipinski definition) is 2. The third kappa shape index (κ3) is 3.46. The Morgan fingerprint density at radius 1 is 1.29 bits per heavy atom. The molecule has 2 N–H and O–H groups in total. The third-order valence-corrected chi connectivity index (χ3v) is 5.24. The summed E-state index contributed by atoms with van der Waals surface area (Å²) in [6, 6.07) is -0.890. The molecule has 0 aromatic rings. The molecule has 2 aliphatic heterocycles.